The quantitative estimate of drug-likeness (QED) is 0.487. The van der Waals surface area contributed by atoms with E-state index in [0.29, 0.717) is 0 Å². The second-order valence-corrected chi connectivity index (χ2v) is 6.31. The van der Waals surface area contributed by atoms with Crippen molar-refractivity contribution in [1.29, 1.82) is 0 Å². The van der Waals surface area contributed by atoms with Crippen molar-refractivity contribution in [3.8, 4) is 5.75 Å². The van der Waals surface area contributed by atoms with Crippen LogP contribution in [0.1, 0.15) is 44.1 Å². The Balaban J connectivity index is 1.77. The predicted octanol–water partition coefficient (Wildman–Crippen LogP) is 4.83. The number of hydrogen-bond donors (Lipinski definition) is 1. The monoisotopic (exact) mass is 337 g/mol. The smallest absolute Gasteiger partial charge is 0.123 e. The zero-order chi connectivity index (χ0) is 14.2. The maximum Gasteiger partial charge on any atom is 0.123 e. The van der Waals surface area contributed by atoms with Crippen molar-refractivity contribution in [2.24, 2.45) is 0 Å². The van der Waals surface area contributed by atoms with E-state index >= 15 is 0 Å². The topological polar surface area (TPSA) is 21.3 Å². The zero-order valence-corrected chi connectivity index (χ0v) is 13.6. The summed E-state index contributed by atoms with van der Waals surface area (Å²) in [6.07, 6.45) is 9.24. The molecule has 20 heavy (non-hydrogen) atoms. The first-order chi connectivity index (χ1) is 9.79. The molecular formula is C17H24BrNO. The number of unbranched alkanes of at least 4 members (excludes halogenated alkanes) is 3. The summed E-state index contributed by atoms with van der Waals surface area (Å²) in [7, 11) is 0. The van der Waals surface area contributed by atoms with Gasteiger partial charge in [-0.2, -0.15) is 0 Å². The van der Waals surface area contributed by atoms with Gasteiger partial charge in [0.2, 0.25) is 0 Å². The van der Waals surface area contributed by atoms with Crippen molar-refractivity contribution in [2.45, 2.75) is 51.1 Å². The highest BCUT2D eigenvalue weighted by atomic mass is 79.9. The highest BCUT2D eigenvalue weighted by Crippen LogP contribution is 2.25. The van der Waals surface area contributed by atoms with Crippen LogP contribution < -0.4 is 10.1 Å². The van der Waals surface area contributed by atoms with Crippen LogP contribution in [0.5, 0.6) is 5.75 Å². The van der Waals surface area contributed by atoms with Crippen molar-refractivity contribution in [2.75, 3.05) is 6.61 Å². The van der Waals surface area contributed by atoms with Gasteiger partial charge in [0.25, 0.3) is 0 Å². The highest BCUT2D eigenvalue weighted by molar-refractivity contribution is 9.10. The van der Waals surface area contributed by atoms with Crippen LogP contribution in [0.25, 0.3) is 0 Å². The number of halogens is 1. The number of ether oxygens (including phenoxy) is 1. The molecule has 0 heterocycles. The fraction of sp³-hybridized carbons (Fsp3) is 0.529. The number of rotatable bonds is 10. The minimum atomic E-state index is 0.723. The molecular weight excluding hydrogens is 314 g/mol. The van der Waals surface area contributed by atoms with Gasteiger partial charge in [-0.1, -0.05) is 22.0 Å². The van der Waals surface area contributed by atoms with Crippen molar-refractivity contribution in [3.63, 3.8) is 0 Å². The summed E-state index contributed by atoms with van der Waals surface area (Å²) in [5.41, 5.74) is 1.25. The van der Waals surface area contributed by atoms with Crippen LogP contribution in [0.2, 0.25) is 0 Å². The van der Waals surface area contributed by atoms with Crippen molar-refractivity contribution in [1.82, 2.24) is 5.32 Å². The molecule has 0 bridgehead atoms. The van der Waals surface area contributed by atoms with Gasteiger partial charge in [0, 0.05) is 22.6 Å². The van der Waals surface area contributed by atoms with Gasteiger partial charge in [-0.05, 0) is 56.7 Å². The summed E-state index contributed by atoms with van der Waals surface area (Å²) in [6.45, 7) is 5.44. The van der Waals surface area contributed by atoms with Gasteiger partial charge < -0.3 is 10.1 Å². The Bertz CT molecular complexity index is 429. The molecule has 1 fully saturated rings. The van der Waals surface area contributed by atoms with Crippen LogP contribution in [-0.2, 0) is 6.54 Å². The molecule has 1 aliphatic rings. The number of benzene rings is 1. The lowest BCUT2D eigenvalue weighted by molar-refractivity contribution is 0.301. The van der Waals surface area contributed by atoms with E-state index in [0.717, 1.165) is 42.3 Å². The zero-order valence-electron chi connectivity index (χ0n) is 12.0. The van der Waals surface area contributed by atoms with Crippen LogP contribution in [-0.4, -0.2) is 12.6 Å². The third-order valence-electron chi connectivity index (χ3n) is 3.49. The Hall–Kier alpha value is -0.800. The number of hydrogen-bond acceptors (Lipinski definition) is 2. The molecule has 0 saturated heterocycles. The lowest BCUT2D eigenvalue weighted by Gasteiger charge is -2.12. The molecule has 0 aromatic heterocycles. The van der Waals surface area contributed by atoms with E-state index < -0.39 is 0 Å². The van der Waals surface area contributed by atoms with Crippen LogP contribution in [0.4, 0.5) is 0 Å². The molecule has 110 valence electrons. The molecule has 0 aliphatic heterocycles. The molecule has 1 aliphatic carbocycles. The van der Waals surface area contributed by atoms with Crippen LogP contribution in [0, 0.1) is 0 Å². The highest BCUT2D eigenvalue weighted by Gasteiger charge is 2.20. The lowest BCUT2D eigenvalue weighted by Crippen LogP contribution is -2.16. The Kier molecular flexibility index (Phi) is 6.61. The number of nitrogens with one attached hydrogen (secondary N) is 1. The Morgan fingerprint density at radius 1 is 1.30 bits per heavy atom. The van der Waals surface area contributed by atoms with Gasteiger partial charge in [-0.15, -0.1) is 6.58 Å². The van der Waals surface area contributed by atoms with Crippen LogP contribution in [0.3, 0.4) is 0 Å². The van der Waals surface area contributed by atoms with Gasteiger partial charge >= 0.3 is 0 Å². The molecule has 0 amide bonds. The second kappa shape index (κ2) is 8.48. The Morgan fingerprint density at radius 3 is 2.90 bits per heavy atom. The van der Waals surface area contributed by atoms with Crippen LogP contribution >= 0.6 is 15.9 Å². The molecule has 1 aromatic carbocycles. The van der Waals surface area contributed by atoms with Gasteiger partial charge in [-0.25, -0.2) is 0 Å². The average molecular weight is 338 g/mol. The summed E-state index contributed by atoms with van der Waals surface area (Å²) < 4.78 is 7.05. The standard InChI is InChI=1S/C17H24BrNO/c1-2-3-4-5-6-11-20-17-10-7-15(18)12-14(17)13-19-16-8-9-16/h2,7,10,12,16,19H,1,3-6,8-9,11,13H2. The molecule has 2 nitrogen and oxygen atoms in total. The predicted molar refractivity (Wildman–Crippen MR) is 88.2 cm³/mol. The van der Waals surface area contributed by atoms with E-state index in [1.165, 1.54) is 31.2 Å². The van der Waals surface area contributed by atoms with E-state index in [2.05, 4.69) is 40.0 Å². The molecule has 3 heteroatoms. The van der Waals surface area contributed by atoms with Gasteiger partial charge in [-0.3, -0.25) is 0 Å². The largest absolute Gasteiger partial charge is 0.493 e. The second-order valence-electron chi connectivity index (χ2n) is 5.39. The summed E-state index contributed by atoms with van der Waals surface area (Å²) >= 11 is 3.54. The minimum absolute atomic E-state index is 0.723. The fourth-order valence-electron chi connectivity index (χ4n) is 2.12. The van der Waals surface area contributed by atoms with Crippen molar-refractivity contribution >= 4 is 15.9 Å². The van der Waals surface area contributed by atoms with E-state index in [1.807, 2.05) is 12.1 Å². The molecule has 0 spiro atoms. The Morgan fingerprint density at radius 2 is 2.15 bits per heavy atom. The third kappa shape index (κ3) is 5.68. The van der Waals surface area contributed by atoms with E-state index in [1.54, 1.807) is 0 Å². The van der Waals surface area contributed by atoms with Gasteiger partial charge in [0.05, 0.1) is 6.61 Å². The molecule has 1 saturated carbocycles. The summed E-state index contributed by atoms with van der Waals surface area (Å²) in [4.78, 5) is 0. The first-order valence-corrected chi connectivity index (χ1v) is 8.34. The molecule has 1 N–H and O–H groups in total. The first-order valence-electron chi connectivity index (χ1n) is 7.55. The van der Waals surface area contributed by atoms with Crippen LogP contribution in [0.15, 0.2) is 35.3 Å². The van der Waals surface area contributed by atoms with Gasteiger partial charge in [0.15, 0.2) is 0 Å². The fourth-order valence-corrected chi connectivity index (χ4v) is 2.53. The summed E-state index contributed by atoms with van der Waals surface area (Å²) in [6, 6.07) is 6.99. The average Bonchev–Trinajstić information content (AvgIpc) is 3.26. The Labute approximate surface area is 130 Å². The molecule has 0 unspecified atom stereocenters. The summed E-state index contributed by atoms with van der Waals surface area (Å²) in [5, 5.41) is 3.55. The minimum Gasteiger partial charge on any atom is -0.493 e. The third-order valence-corrected chi connectivity index (χ3v) is 3.98. The maximum atomic E-state index is 5.94. The van der Waals surface area contributed by atoms with E-state index in [-0.39, 0.29) is 0 Å². The normalized spacial score (nSPS) is 14.2. The lowest BCUT2D eigenvalue weighted by atomic mass is 10.2. The molecule has 0 atom stereocenters. The van der Waals surface area contributed by atoms with E-state index in [4.69, 9.17) is 4.74 Å². The number of allylic oxidation sites excluding steroid dienone is 1. The SMILES string of the molecule is C=CCCCCCOc1ccc(Br)cc1CNC1CC1. The molecule has 0 radical (unpaired) electrons. The van der Waals surface area contributed by atoms with Crippen molar-refractivity contribution in [3.05, 3.63) is 40.9 Å². The molecule has 1 aromatic rings. The van der Waals surface area contributed by atoms with Crippen molar-refractivity contribution < 1.29 is 4.74 Å². The van der Waals surface area contributed by atoms with E-state index in [9.17, 15) is 0 Å². The molecule has 2 rings (SSSR count). The maximum absolute atomic E-state index is 5.94. The van der Waals surface area contributed by atoms with Gasteiger partial charge in [0.1, 0.15) is 5.75 Å². The summed E-state index contributed by atoms with van der Waals surface area (Å²) in [5.74, 6) is 1.02. The first kappa shape index (κ1) is 15.6.